The van der Waals surface area contributed by atoms with Crippen molar-refractivity contribution in [3.8, 4) is 5.88 Å². The zero-order valence-electron chi connectivity index (χ0n) is 17.1. The Morgan fingerprint density at radius 2 is 1.72 bits per heavy atom. The lowest BCUT2D eigenvalue weighted by Crippen LogP contribution is -2.39. The van der Waals surface area contributed by atoms with Gasteiger partial charge < -0.3 is 9.47 Å². The van der Waals surface area contributed by atoms with E-state index in [0.717, 1.165) is 12.3 Å². The van der Waals surface area contributed by atoms with Crippen LogP contribution in [0.15, 0.2) is 47.5 Å². The second-order valence-corrected chi connectivity index (χ2v) is 8.95. The molecule has 0 saturated heterocycles. The number of hydrogen-bond donors (Lipinski definition) is 2. The summed E-state index contributed by atoms with van der Waals surface area (Å²) < 4.78 is 75.8. The Hall–Kier alpha value is -2.86. The molecule has 174 valence electrons. The summed E-state index contributed by atoms with van der Waals surface area (Å²) >= 11 is 0. The molecule has 0 radical (unpaired) electrons. The zero-order chi connectivity index (χ0) is 23.4. The number of nitrogens with one attached hydrogen (secondary N) is 2. The highest BCUT2D eigenvalue weighted by Crippen LogP contribution is 2.30. The van der Waals surface area contributed by atoms with Gasteiger partial charge in [-0.15, -0.1) is 0 Å². The Kier molecular flexibility index (Phi) is 7.24. The third-order valence-electron chi connectivity index (χ3n) is 4.94. The topological polar surface area (TPSA) is 107 Å². The van der Waals surface area contributed by atoms with Crippen LogP contribution in [0, 0.1) is 0 Å². The Morgan fingerprint density at radius 1 is 1.06 bits per heavy atom. The van der Waals surface area contributed by atoms with E-state index in [1.807, 2.05) is 0 Å². The van der Waals surface area contributed by atoms with Crippen LogP contribution in [0.1, 0.15) is 31.2 Å². The van der Waals surface area contributed by atoms with Gasteiger partial charge in [-0.3, -0.25) is 5.32 Å². The molecule has 1 aromatic heterocycles. The minimum atomic E-state index is -4.46. The summed E-state index contributed by atoms with van der Waals surface area (Å²) in [6.45, 7) is 0. The molecule has 0 unspecified atom stereocenters. The van der Waals surface area contributed by atoms with Crippen molar-refractivity contribution >= 4 is 21.8 Å². The molecule has 32 heavy (non-hydrogen) atoms. The molecule has 1 aliphatic rings. The molecule has 1 fully saturated rings. The number of carbonyl (C=O) groups excluding carboxylic acids is 1. The first-order valence-corrected chi connectivity index (χ1v) is 11.2. The molecule has 1 saturated carbocycles. The molecule has 12 heteroatoms. The van der Waals surface area contributed by atoms with E-state index in [1.165, 1.54) is 37.4 Å². The van der Waals surface area contributed by atoms with E-state index in [2.05, 4.69) is 19.8 Å². The Labute approximate surface area is 183 Å². The highest BCUT2D eigenvalue weighted by molar-refractivity contribution is 7.89. The van der Waals surface area contributed by atoms with Gasteiger partial charge in [0.1, 0.15) is 6.10 Å². The van der Waals surface area contributed by atoms with Crippen molar-refractivity contribution in [1.29, 1.82) is 0 Å². The Morgan fingerprint density at radius 3 is 2.25 bits per heavy atom. The monoisotopic (exact) mass is 473 g/mol. The van der Waals surface area contributed by atoms with Crippen molar-refractivity contribution in [3.63, 3.8) is 0 Å². The van der Waals surface area contributed by atoms with E-state index >= 15 is 0 Å². The lowest BCUT2D eigenvalue weighted by Gasteiger charge is -2.29. The third-order valence-corrected chi connectivity index (χ3v) is 6.48. The van der Waals surface area contributed by atoms with E-state index < -0.39 is 27.9 Å². The molecule has 0 atom stereocenters. The fraction of sp³-hybridized carbons (Fsp3) is 0.400. The van der Waals surface area contributed by atoms with Gasteiger partial charge in [-0.2, -0.15) is 13.2 Å². The lowest BCUT2D eigenvalue weighted by atomic mass is 9.94. The molecule has 1 aromatic carbocycles. The van der Waals surface area contributed by atoms with E-state index in [4.69, 9.17) is 4.74 Å². The first-order chi connectivity index (χ1) is 15.1. The fourth-order valence-electron chi connectivity index (χ4n) is 3.26. The number of pyridine rings is 1. The number of amides is 1. The highest BCUT2D eigenvalue weighted by atomic mass is 32.2. The van der Waals surface area contributed by atoms with Gasteiger partial charge in [0, 0.05) is 24.0 Å². The molecular formula is C20H22F3N3O5S. The molecule has 0 aliphatic heterocycles. The van der Waals surface area contributed by atoms with Crippen molar-refractivity contribution in [2.45, 2.75) is 48.9 Å². The minimum absolute atomic E-state index is 0.0558. The number of carbonyl (C=O) groups is 1. The van der Waals surface area contributed by atoms with Crippen LogP contribution in [0.3, 0.4) is 0 Å². The van der Waals surface area contributed by atoms with Gasteiger partial charge in [0.05, 0.1) is 17.6 Å². The quantitative estimate of drug-likeness (QED) is 0.658. The van der Waals surface area contributed by atoms with Gasteiger partial charge in [0.15, 0.2) is 0 Å². The highest BCUT2D eigenvalue weighted by Gasteiger charge is 2.31. The molecule has 1 amide bonds. The van der Waals surface area contributed by atoms with Crippen LogP contribution in [0.25, 0.3) is 0 Å². The number of rotatable bonds is 6. The summed E-state index contributed by atoms with van der Waals surface area (Å²) in [5, 5.41) is 2.44. The van der Waals surface area contributed by atoms with Crippen LogP contribution >= 0.6 is 0 Å². The standard InChI is InChI=1S/C20H22F3N3O5S/c1-30-19(27)25-14-5-9-17(10-6-14)32(28,29)26-15-3-7-16(8-4-15)31-18-11-2-13(12-24-18)20(21,22)23/h2,5-6,9-12,15-16,26H,3-4,7-8H2,1H3,(H,25,27). The summed E-state index contributed by atoms with van der Waals surface area (Å²) in [5.41, 5.74) is -0.456. The van der Waals surface area contributed by atoms with Gasteiger partial charge in [-0.25, -0.2) is 22.9 Å². The summed E-state index contributed by atoms with van der Waals surface area (Å²) in [7, 11) is -2.54. The minimum Gasteiger partial charge on any atom is -0.474 e. The summed E-state index contributed by atoms with van der Waals surface area (Å²) in [5.74, 6) is 0.0997. The Balaban J connectivity index is 1.51. The fourth-order valence-corrected chi connectivity index (χ4v) is 4.57. The van der Waals surface area contributed by atoms with E-state index in [-0.39, 0.29) is 22.9 Å². The van der Waals surface area contributed by atoms with Gasteiger partial charge >= 0.3 is 12.3 Å². The second kappa shape index (κ2) is 9.74. The average Bonchev–Trinajstić information content (AvgIpc) is 2.75. The molecule has 2 aromatic rings. The van der Waals surface area contributed by atoms with Gasteiger partial charge in [-0.05, 0) is 56.0 Å². The van der Waals surface area contributed by atoms with Crippen LogP contribution in [-0.2, 0) is 20.9 Å². The Bertz CT molecular complexity index is 1020. The zero-order valence-corrected chi connectivity index (χ0v) is 17.9. The largest absolute Gasteiger partial charge is 0.474 e. The smallest absolute Gasteiger partial charge is 0.417 e. The van der Waals surface area contributed by atoms with E-state index in [0.29, 0.717) is 31.4 Å². The number of sulfonamides is 1. The maximum atomic E-state index is 12.6. The molecule has 1 aliphatic carbocycles. The number of ether oxygens (including phenoxy) is 2. The van der Waals surface area contributed by atoms with Crippen LogP contribution in [0.5, 0.6) is 5.88 Å². The van der Waals surface area contributed by atoms with Crippen LogP contribution in [0.2, 0.25) is 0 Å². The number of anilines is 1. The summed E-state index contributed by atoms with van der Waals surface area (Å²) in [6.07, 6.45) is -2.60. The maximum Gasteiger partial charge on any atom is 0.417 e. The van der Waals surface area contributed by atoms with Crippen molar-refractivity contribution in [2.75, 3.05) is 12.4 Å². The van der Waals surface area contributed by atoms with Crippen molar-refractivity contribution in [3.05, 3.63) is 48.2 Å². The molecule has 8 nitrogen and oxygen atoms in total. The first-order valence-electron chi connectivity index (χ1n) is 9.74. The predicted molar refractivity (Wildman–Crippen MR) is 109 cm³/mol. The molecule has 0 spiro atoms. The molecule has 0 bridgehead atoms. The average molecular weight is 473 g/mol. The normalized spacial score (nSPS) is 19.2. The molecule has 1 heterocycles. The molecule has 2 N–H and O–H groups in total. The number of methoxy groups -OCH3 is 1. The number of halogens is 3. The van der Waals surface area contributed by atoms with Crippen LogP contribution in [-0.4, -0.2) is 38.8 Å². The van der Waals surface area contributed by atoms with Crippen molar-refractivity contribution in [2.24, 2.45) is 0 Å². The number of benzene rings is 1. The van der Waals surface area contributed by atoms with Crippen LogP contribution < -0.4 is 14.8 Å². The summed E-state index contributed by atoms with van der Waals surface area (Å²) in [4.78, 5) is 15.0. The first kappa shape index (κ1) is 23.8. The van der Waals surface area contributed by atoms with Crippen molar-refractivity contribution < 1.29 is 35.9 Å². The maximum absolute atomic E-state index is 12.6. The SMILES string of the molecule is COC(=O)Nc1ccc(S(=O)(=O)NC2CCC(Oc3ccc(C(F)(F)F)cn3)CC2)cc1. The summed E-state index contributed by atoms with van der Waals surface area (Å²) in [6, 6.07) is 7.44. The molecular weight excluding hydrogens is 451 g/mol. The molecule has 3 rings (SSSR count). The van der Waals surface area contributed by atoms with Gasteiger partial charge in [-0.1, -0.05) is 0 Å². The van der Waals surface area contributed by atoms with E-state index in [9.17, 15) is 26.4 Å². The van der Waals surface area contributed by atoms with Crippen molar-refractivity contribution in [1.82, 2.24) is 9.71 Å². The second-order valence-electron chi connectivity index (χ2n) is 7.24. The van der Waals surface area contributed by atoms with E-state index in [1.54, 1.807) is 0 Å². The third kappa shape index (κ3) is 6.33. The van der Waals surface area contributed by atoms with Gasteiger partial charge in [0.25, 0.3) is 0 Å². The lowest BCUT2D eigenvalue weighted by molar-refractivity contribution is -0.137. The number of nitrogens with zero attached hydrogens (tertiary/aromatic N) is 1. The number of aromatic nitrogens is 1. The van der Waals surface area contributed by atoms with Crippen LogP contribution in [0.4, 0.5) is 23.7 Å². The number of hydrogen-bond acceptors (Lipinski definition) is 6. The predicted octanol–water partition coefficient (Wildman–Crippen LogP) is 3.95. The van der Waals surface area contributed by atoms with Gasteiger partial charge in [0.2, 0.25) is 15.9 Å². The number of alkyl halides is 3.